The molecule has 0 aliphatic heterocycles. The summed E-state index contributed by atoms with van der Waals surface area (Å²) in [6.45, 7) is 3.53. The molecule has 2 N–H and O–H groups in total. The number of nitrogens with zero attached hydrogens (tertiary/aromatic N) is 2. The average molecular weight is 357 g/mol. The first-order chi connectivity index (χ1) is 10.7. The van der Waals surface area contributed by atoms with Gasteiger partial charge in [-0.2, -0.15) is 5.10 Å². The topological polar surface area (TPSA) is 59.0 Å². The largest absolute Gasteiger partial charge is 0.352 e. The first-order valence-electron chi connectivity index (χ1n) is 7.43. The van der Waals surface area contributed by atoms with Crippen LogP contribution >= 0.6 is 24.0 Å². The van der Waals surface area contributed by atoms with E-state index in [1.54, 1.807) is 10.9 Å². The molecule has 0 saturated carbocycles. The summed E-state index contributed by atoms with van der Waals surface area (Å²) in [6.07, 6.45) is 3.23. The fourth-order valence-electron chi connectivity index (χ4n) is 2.30. The van der Waals surface area contributed by atoms with Crippen LogP contribution in [0.15, 0.2) is 30.5 Å². The van der Waals surface area contributed by atoms with Gasteiger partial charge in [-0.25, -0.2) is 4.68 Å². The standard InChI is InChI=1S/C16H21ClN4O.ClH/c1-3-15-14(16(22)19-9-5-8-18-2)11-20-21(15)13-7-4-6-12(17)10-13;/h4,6-7,10-11,18H,3,5,8-9H2,1-2H3,(H,19,22);1H. The van der Waals surface area contributed by atoms with Crippen molar-refractivity contribution in [2.45, 2.75) is 19.8 Å². The lowest BCUT2D eigenvalue weighted by Crippen LogP contribution is -2.27. The Morgan fingerprint density at radius 1 is 1.35 bits per heavy atom. The van der Waals surface area contributed by atoms with Gasteiger partial charge < -0.3 is 10.6 Å². The number of carbonyl (C=O) groups is 1. The maximum absolute atomic E-state index is 12.3. The van der Waals surface area contributed by atoms with Gasteiger partial charge in [-0.05, 0) is 44.6 Å². The number of aromatic nitrogens is 2. The fourth-order valence-corrected chi connectivity index (χ4v) is 2.48. The summed E-state index contributed by atoms with van der Waals surface area (Å²) in [6, 6.07) is 7.45. The fraction of sp³-hybridized carbons (Fsp3) is 0.375. The molecular weight excluding hydrogens is 335 g/mol. The summed E-state index contributed by atoms with van der Waals surface area (Å²) in [4.78, 5) is 12.3. The molecular formula is C16H22Cl2N4O. The van der Waals surface area contributed by atoms with Crippen molar-refractivity contribution < 1.29 is 4.79 Å². The molecule has 0 unspecified atom stereocenters. The third-order valence-electron chi connectivity index (χ3n) is 3.39. The van der Waals surface area contributed by atoms with Crippen molar-refractivity contribution >= 4 is 29.9 Å². The molecule has 1 amide bonds. The van der Waals surface area contributed by atoms with Crippen LogP contribution in [0, 0.1) is 0 Å². The van der Waals surface area contributed by atoms with Crippen LogP contribution in [-0.4, -0.2) is 35.8 Å². The van der Waals surface area contributed by atoms with E-state index < -0.39 is 0 Å². The van der Waals surface area contributed by atoms with E-state index in [0.717, 1.165) is 24.3 Å². The zero-order valence-corrected chi connectivity index (χ0v) is 14.9. The maximum Gasteiger partial charge on any atom is 0.254 e. The highest BCUT2D eigenvalue weighted by molar-refractivity contribution is 6.30. The van der Waals surface area contributed by atoms with Crippen LogP contribution in [0.4, 0.5) is 0 Å². The summed E-state index contributed by atoms with van der Waals surface area (Å²) < 4.78 is 1.77. The van der Waals surface area contributed by atoms with E-state index >= 15 is 0 Å². The van der Waals surface area contributed by atoms with Crippen molar-refractivity contribution in [3.8, 4) is 5.69 Å². The Hall–Kier alpha value is -1.56. The smallest absolute Gasteiger partial charge is 0.254 e. The Kier molecular flexibility index (Phi) is 8.09. The van der Waals surface area contributed by atoms with Crippen molar-refractivity contribution in [1.82, 2.24) is 20.4 Å². The van der Waals surface area contributed by atoms with Gasteiger partial charge >= 0.3 is 0 Å². The van der Waals surface area contributed by atoms with Crippen LogP contribution in [0.1, 0.15) is 29.4 Å². The Labute approximate surface area is 147 Å². The van der Waals surface area contributed by atoms with Crippen LogP contribution in [0.25, 0.3) is 5.69 Å². The van der Waals surface area contributed by atoms with E-state index in [-0.39, 0.29) is 18.3 Å². The molecule has 126 valence electrons. The zero-order valence-electron chi connectivity index (χ0n) is 13.3. The summed E-state index contributed by atoms with van der Waals surface area (Å²) in [5, 5.41) is 11.0. The molecule has 1 aromatic heterocycles. The molecule has 7 heteroatoms. The van der Waals surface area contributed by atoms with Crippen molar-refractivity contribution in [1.29, 1.82) is 0 Å². The van der Waals surface area contributed by atoms with E-state index in [1.807, 2.05) is 38.2 Å². The molecule has 0 saturated heterocycles. The van der Waals surface area contributed by atoms with Crippen LogP contribution in [-0.2, 0) is 6.42 Å². The highest BCUT2D eigenvalue weighted by Gasteiger charge is 2.16. The van der Waals surface area contributed by atoms with E-state index in [0.29, 0.717) is 23.6 Å². The Morgan fingerprint density at radius 2 is 2.13 bits per heavy atom. The second-order valence-electron chi connectivity index (χ2n) is 4.96. The third-order valence-corrected chi connectivity index (χ3v) is 3.63. The zero-order chi connectivity index (χ0) is 15.9. The highest BCUT2D eigenvalue weighted by atomic mass is 35.5. The predicted molar refractivity (Wildman–Crippen MR) is 96.1 cm³/mol. The Morgan fingerprint density at radius 3 is 2.78 bits per heavy atom. The number of rotatable bonds is 7. The van der Waals surface area contributed by atoms with Gasteiger partial charge in [0.05, 0.1) is 23.1 Å². The Balaban J connectivity index is 0.00000264. The summed E-state index contributed by atoms with van der Waals surface area (Å²) in [5.41, 5.74) is 2.36. The lowest BCUT2D eigenvalue weighted by molar-refractivity contribution is 0.0952. The van der Waals surface area contributed by atoms with Crippen molar-refractivity contribution in [2.75, 3.05) is 20.1 Å². The predicted octanol–water partition coefficient (Wildman–Crippen LogP) is 2.85. The van der Waals surface area contributed by atoms with Gasteiger partial charge in [0.15, 0.2) is 0 Å². The van der Waals surface area contributed by atoms with E-state index in [4.69, 9.17) is 11.6 Å². The number of carbonyl (C=O) groups excluding carboxylic acids is 1. The summed E-state index contributed by atoms with van der Waals surface area (Å²) in [5.74, 6) is -0.0822. The monoisotopic (exact) mass is 356 g/mol. The number of nitrogens with one attached hydrogen (secondary N) is 2. The summed E-state index contributed by atoms with van der Waals surface area (Å²) >= 11 is 6.03. The summed E-state index contributed by atoms with van der Waals surface area (Å²) in [7, 11) is 1.89. The average Bonchev–Trinajstić information content (AvgIpc) is 2.95. The van der Waals surface area contributed by atoms with Gasteiger partial charge in [-0.15, -0.1) is 12.4 Å². The number of hydrogen-bond acceptors (Lipinski definition) is 3. The van der Waals surface area contributed by atoms with Crippen LogP contribution < -0.4 is 10.6 Å². The van der Waals surface area contributed by atoms with Gasteiger partial charge in [0.25, 0.3) is 5.91 Å². The number of halogens is 2. The molecule has 0 bridgehead atoms. The van der Waals surface area contributed by atoms with Crippen LogP contribution in [0.3, 0.4) is 0 Å². The number of amides is 1. The molecule has 2 aromatic rings. The molecule has 23 heavy (non-hydrogen) atoms. The molecule has 0 atom stereocenters. The van der Waals surface area contributed by atoms with Crippen molar-refractivity contribution in [3.63, 3.8) is 0 Å². The molecule has 0 radical (unpaired) electrons. The van der Waals surface area contributed by atoms with Gasteiger partial charge in [0.2, 0.25) is 0 Å². The van der Waals surface area contributed by atoms with E-state index in [2.05, 4.69) is 15.7 Å². The van der Waals surface area contributed by atoms with Gasteiger partial charge in [-0.3, -0.25) is 4.79 Å². The quantitative estimate of drug-likeness (QED) is 0.750. The lowest BCUT2D eigenvalue weighted by atomic mass is 10.2. The Bertz CT molecular complexity index is 643. The molecule has 2 rings (SSSR count). The number of hydrogen-bond donors (Lipinski definition) is 2. The van der Waals surface area contributed by atoms with Gasteiger partial charge in [-0.1, -0.05) is 24.6 Å². The minimum atomic E-state index is -0.0822. The van der Waals surface area contributed by atoms with Crippen molar-refractivity contribution in [2.24, 2.45) is 0 Å². The lowest BCUT2D eigenvalue weighted by Gasteiger charge is -2.09. The molecule has 1 heterocycles. The first kappa shape index (κ1) is 19.5. The molecule has 0 spiro atoms. The van der Waals surface area contributed by atoms with E-state index in [1.165, 1.54) is 0 Å². The van der Waals surface area contributed by atoms with Gasteiger partial charge in [0, 0.05) is 11.6 Å². The minimum absolute atomic E-state index is 0. The van der Waals surface area contributed by atoms with Crippen LogP contribution in [0.5, 0.6) is 0 Å². The highest BCUT2D eigenvalue weighted by Crippen LogP contribution is 2.19. The SMILES string of the molecule is CCc1c(C(=O)NCCCNC)cnn1-c1cccc(Cl)c1.Cl. The maximum atomic E-state index is 12.3. The normalized spacial score (nSPS) is 10.2. The number of benzene rings is 1. The second kappa shape index (κ2) is 9.55. The molecule has 5 nitrogen and oxygen atoms in total. The second-order valence-corrected chi connectivity index (χ2v) is 5.40. The molecule has 0 aliphatic carbocycles. The van der Waals surface area contributed by atoms with Crippen molar-refractivity contribution in [3.05, 3.63) is 46.7 Å². The minimum Gasteiger partial charge on any atom is -0.352 e. The molecule has 0 fully saturated rings. The van der Waals surface area contributed by atoms with Crippen LogP contribution in [0.2, 0.25) is 5.02 Å². The first-order valence-corrected chi connectivity index (χ1v) is 7.80. The third kappa shape index (κ3) is 4.96. The van der Waals surface area contributed by atoms with E-state index in [9.17, 15) is 4.79 Å². The molecule has 1 aromatic carbocycles. The van der Waals surface area contributed by atoms with Gasteiger partial charge in [0.1, 0.15) is 0 Å². The molecule has 0 aliphatic rings.